The zero-order chi connectivity index (χ0) is 15.3. The first-order valence-corrected chi connectivity index (χ1v) is 7.20. The SMILES string of the molecule is N#CC(NC(=O)CC1(O)CCCCC1)c1ccccc1F. The Labute approximate surface area is 123 Å². The van der Waals surface area contributed by atoms with Gasteiger partial charge in [-0.25, -0.2) is 4.39 Å². The molecule has 0 spiro atoms. The number of rotatable bonds is 4. The van der Waals surface area contributed by atoms with Crippen LogP contribution in [0.15, 0.2) is 24.3 Å². The second kappa shape index (κ2) is 6.68. The van der Waals surface area contributed by atoms with Crippen molar-refractivity contribution in [2.75, 3.05) is 0 Å². The molecule has 1 saturated carbocycles. The van der Waals surface area contributed by atoms with Gasteiger partial charge in [0.2, 0.25) is 5.91 Å². The number of nitriles is 1. The maximum atomic E-state index is 13.7. The summed E-state index contributed by atoms with van der Waals surface area (Å²) in [6.45, 7) is 0. The number of halogens is 1. The topological polar surface area (TPSA) is 73.1 Å². The fraction of sp³-hybridized carbons (Fsp3) is 0.500. The van der Waals surface area contributed by atoms with Crippen molar-refractivity contribution in [2.45, 2.75) is 50.2 Å². The van der Waals surface area contributed by atoms with Gasteiger partial charge in [-0.15, -0.1) is 0 Å². The molecule has 112 valence electrons. The molecule has 2 N–H and O–H groups in total. The lowest BCUT2D eigenvalue weighted by Gasteiger charge is -2.31. The van der Waals surface area contributed by atoms with Gasteiger partial charge in [0.25, 0.3) is 0 Å². The van der Waals surface area contributed by atoms with E-state index in [1.54, 1.807) is 6.07 Å². The second-order valence-electron chi connectivity index (χ2n) is 5.61. The summed E-state index contributed by atoms with van der Waals surface area (Å²) in [6, 6.07) is 6.71. The number of amides is 1. The quantitative estimate of drug-likeness (QED) is 0.895. The van der Waals surface area contributed by atoms with E-state index in [1.165, 1.54) is 18.2 Å². The van der Waals surface area contributed by atoms with E-state index in [9.17, 15) is 14.3 Å². The Morgan fingerprint density at radius 3 is 2.67 bits per heavy atom. The van der Waals surface area contributed by atoms with E-state index in [0.717, 1.165) is 19.3 Å². The summed E-state index contributed by atoms with van der Waals surface area (Å²) >= 11 is 0. The standard InChI is InChI=1S/C16H19FN2O2/c17-13-7-3-2-6-12(13)14(11-18)19-15(20)10-16(21)8-4-1-5-9-16/h2-3,6-7,14,21H,1,4-5,8-10H2,(H,19,20). The van der Waals surface area contributed by atoms with Gasteiger partial charge in [0.1, 0.15) is 11.9 Å². The van der Waals surface area contributed by atoms with Crippen LogP contribution in [0.25, 0.3) is 0 Å². The molecule has 2 rings (SSSR count). The lowest BCUT2D eigenvalue weighted by molar-refractivity contribution is -0.127. The van der Waals surface area contributed by atoms with E-state index in [-0.39, 0.29) is 12.0 Å². The molecule has 0 radical (unpaired) electrons. The molecule has 1 atom stereocenters. The van der Waals surface area contributed by atoms with Crippen LogP contribution < -0.4 is 5.32 Å². The van der Waals surface area contributed by atoms with E-state index < -0.39 is 23.4 Å². The largest absolute Gasteiger partial charge is 0.389 e. The van der Waals surface area contributed by atoms with Crippen LogP contribution in [0.3, 0.4) is 0 Å². The van der Waals surface area contributed by atoms with Crippen LogP contribution >= 0.6 is 0 Å². The minimum absolute atomic E-state index is 0.0420. The van der Waals surface area contributed by atoms with Crippen molar-refractivity contribution in [1.29, 1.82) is 5.26 Å². The van der Waals surface area contributed by atoms with Crippen molar-refractivity contribution in [2.24, 2.45) is 0 Å². The molecule has 1 fully saturated rings. The second-order valence-corrected chi connectivity index (χ2v) is 5.61. The van der Waals surface area contributed by atoms with Crippen LogP contribution in [0.4, 0.5) is 4.39 Å². The van der Waals surface area contributed by atoms with Gasteiger partial charge in [-0.1, -0.05) is 37.5 Å². The van der Waals surface area contributed by atoms with Gasteiger partial charge in [0.15, 0.2) is 0 Å². The number of carbonyl (C=O) groups excluding carboxylic acids is 1. The van der Waals surface area contributed by atoms with Gasteiger partial charge in [-0.3, -0.25) is 4.79 Å². The normalized spacial score (nSPS) is 18.5. The molecule has 5 heteroatoms. The number of hydrogen-bond acceptors (Lipinski definition) is 3. The molecule has 0 heterocycles. The van der Waals surface area contributed by atoms with Crippen LogP contribution in [0.2, 0.25) is 0 Å². The maximum Gasteiger partial charge on any atom is 0.224 e. The number of aliphatic hydroxyl groups is 1. The fourth-order valence-corrected chi connectivity index (χ4v) is 2.79. The highest BCUT2D eigenvalue weighted by Crippen LogP contribution is 2.31. The average molecular weight is 290 g/mol. The molecule has 1 aliphatic rings. The van der Waals surface area contributed by atoms with Crippen molar-refractivity contribution in [3.05, 3.63) is 35.6 Å². The summed E-state index contributed by atoms with van der Waals surface area (Å²) in [5, 5.41) is 22.0. The summed E-state index contributed by atoms with van der Waals surface area (Å²) in [7, 11) is 0. The van der Waals surface area contributed by atoms with Gasteiger partial charge in [-0.05, 0) is 18.9 Å². The first-order chi connectivity index (χ1) is 10.0. The molecule has 4 nitrogen and oxygen atoms in total. The van der Waals surface area contributed by atoms with E-state index in [4.69, 9.17) is 5.26 Å². The van der Waals surface area contributed by atoms with E-state index in [2.05, 4.69) is 5.32 Å². The summed E-state index contributed by atoms with van der Waals surface area (Å²) in [6.07, 6.45) is 4.02. The van der Waals surface area contributed by atoms with E-state index in [0.29, 0.717) is 12.8 Å². The predicted octanol–water partition coefficient (Wildman–Crippen LogP) is 2.59. The molecule has 0 aromatic heterocycles. The Bertz CT molecular complexity index is 547. The molecular weight excluding hydrogens is 271 g/mol. The van der Waals surface area contributed by atoms with Gasteiger partial charge >= 0.3 is 0 Å². The highest BCUT2D eigenvalue weighted by Gasteiger charge is 2.32. The molecule has 1 unspecified atom stereocenters. The fourth-order valence-electron chi connectivity index (χ4n) is 2.79. The van der Waals surface area contributed by atoms with Crippen molar-refractivity contribution in [1.82, 2.24) is 5.32 Å². The molecular formula is C16H19FN2O2. The summed E-state index contributed by atoms with van der Waals surface area (Å²) in [5.41, 5.74) is -0.846. The summed E-state index contributed by atoms with van der Waals surface area (Å²) in [4.78, 5) is 12.0. The molecule has 0 aliphatic heterocycles. The summed E-state index contributed by atoms with van der Waals surface area (Å²) in [5.74, 6) is -0.949. The van der Waals surface area contributed by atoms with Crippen LogP contribution in [-0.2, 0) is 4.79 Å². The third kappa shape index (κ3) is 4.02. The van der Waals surface area contributed by atoms with Gasteiger partial charge in [0, 0.05) is 5.56 Å². The molecule has 1 amide bonds. The van der Waals surface area contributed by atoms with E-state index in [1.807, 2.05) is 6.07 Å². The third-order valence-electron chi connectivity index (χ3n) is 3.92. The molecule has 0 saturated heterocycles. The predicted molar refractivity (Wildman–Crippen MR) is 75.5 cm³/mol. The minimum Gasteiger partial charge on any atom is -0.389 e. The van der Waals surface area contributed by atoms with Crippen molar-refractivity contribution >= 4 is 5.91 Å². The van der Waals surface area contributed by atoms with Crippen molar-refractivity contribution in [3.63, 3.8) is 0 Å². The monoisotopic (exact) mass is 290 g/mol. The van der Waals surface area contributed by atoms with Crippen LogP contribution in [0.1, 0.15) is 50.1 Å². The average Bonchev–Trinajstić information content (AvgIpc) is 2.46. The molecule has 1 aromatic carbocycles. The Morgan fingerprint density at radius 2 is 2.05 bits per heavy atom. The Morgan fingerprint density at radius 1 is 1.38 bits per heavy atom. The van der Waals surface area contributed by atoms with Gasteiger partial charge < -0.3 is 10.4 Å². The highest BCUT2D eigenvalue weighted by molar-refractivity contribution is 5.78. The minimum atomic E-state index is -1.04. The number of nitrogens with one attached hydrogen (secondary N) is 1. The first-order valence-electron chi connectivity index (χ1n) is 7.20. The van der Waals surface area contributed by atoms with E-state index >= 15 is 0 Å². The molecule has 1 aromatic rings. The van der Waals surface area contributed by atoms with Crippen LogP contribution in [-0.4, -0.2) is 16.6 Å². The zero-order valence-corrected chi connectivity index (χ0v) is 11.8. The Hall–Kier alpha value is -1.93. The number of nitrogens with zero attached hydrogens (tertiary/aromatic N) is 1. The Balaban J connectivity index is 2.01. The highest BCUT2D eigenvalue weighted by atomic mass is 19.1. The van der Waals surface area contributed by atoms with Gasteiger partial charge in [-0.2, -0.15) is 5.26 Å². The smallest absolute Gasteiger partial charge is 0.224 e. The first kappa shape index (κ1) is 15.5. The number of benzene rings is 1. The van der Waals surface area contributed by atoms with Crippen LogP contribution in [0.5, 0.6) is 0 Å². The molecule has 21 heavy (non-hydrogen) atoms. The number of carbonyl (C=O) groups is 1. The molecule has 0 bridgehead atoms. The zero-order valence-electron chi connectivity index (χ0n) is 11.8. The maximum absolute atomic E-state index is 13.7. The van der Waals surface area contributed by atoms with Gasteiger partial charge in [0.05, 0.1) is 18.1 Å². The molecule has 1 aliphatic carbocycles. The Kier molecular flexibility index (Phi) is 4.92. The van der Waals surface area contributed by atoms with Crippen molar-refractivity contribution in [3.8, 4) is 6.07 Å². The van der Waals surface area contributed by atoms with Crippen molar-refractivity contribution < 1.29 is 14.3 Å². The summed E-state index contributed by atoms with van der Waals surface area (Å²) < 4.78 is 13.7. The van der Waals surface area contributed by atoms with Crippen LogP contribution in [0, 0.1) is 17.1 Å². The lowest BCUT2D eigenvalue weighted by atomic mass is 9.82. The third-order valence-corrected chi connectivity index (χ3v) is 3.92. The lowest BCUT2D eigenvalue weighted by Crippen LogP contribution is -2.39. The number of hydrogen-bond donors (Lipinski definition) is 2.